The van der Waals surface area contributed by atoms with Crippen LogP contribution >= 0.6 is 15.9 Å². The van der Waals surface area contributed by atoms with Gasteiger partial charge in [0.1, 0.15) is 10.4 Å². The van der Waals surface area contributed by atoms with Gasteiger partial charge in [0.05, 0.1) is 5.52 Å². The molecule has 0 N–H and O–H groups in total. The molecule has 0 atom stereocenters. The zero-order valence-electron chi connectivity index (χ0n) is 8.67. The second-order valence-corrected chi connectivity index (χ2v) is 4.78. The van der Waals surface area contributed by atoms with Crippen LogP contribution in [0.15, 0.2) is 22.8 Å². The second kappa shape index (κ2) is 3.93. The van der Waals surface area contributed by atoms with Crippen LogP contribution < -0.4 is 0 Å². The molecule has 1 heterocycles. The van der Waals surface area contributed by atoms with Crippen LogP contribution in [0.5, 0.6) is 0 Å². The average Bonchev–Trinajstić information content (AvgIpc) is 2.42. The van der Waals surface area contributed by atoms with Crippen molar-refractivity contribution in [2.45, 2.75) is 20.4 Å². The van der Waals surface area contributed by atoms with Gasteiger partial charge in [-0.25, -0.2) is 4.39 Å². The summed E-state index contributed by atoms with van der Waals surface area (Å²) in [5.74, 6) is 0.289. The minimum atomic E-state index is -0.229. The number of aromatic nitrogens is 2. The predicted octanol–water partition coefficient (Wildman–Crippen LogP) is 3.59. The quantitative estimate of drug-likeness (QED) is 0.816. The fraction of sp³-hybridized carbons (Fsp3) is 0.364. The Hall–Kier alpha value is -0.900. The lowest BCUT2D eigenvalue weighted by atomic mass is 10.2. The van der Waals surface area contributed by atoms with Crippen molar-refractivity contribution >= 4 is 26.8 Å². The van der Waals surface area contributed by atoms with E-state index in [0.29, 0.717) is 10.5 Å². The van der Waals surface area contributed by atoms with Gasteiger partial charge in [-0.2, -0.15) is 5.10 Å². The van der Waals surface area contributed by atoms with Crippen LogP contribution in [0.2, 0.25) is 0 Å². The summed E-state index contributed by atoms with van der Waals surface area (Å²) in [5, 5.41) is 5.17. The number of benzene rings is 1. The Bertz CT molecular complexity index is 491. The first-order valence-corrected chi connectivity index (χ1v) is 5.69. The number of halogens is 2. The smallest absolute Gasteiger partial charge is 0.136 e. The summed E-state index contributed by atoms with van der Waals surface area (Å²) in [5.41, 5.74) is 0.969. The number of rotatable bonds is 2. The van der Waals surface area contributed by atoms with Crippen molar-refractivity contribution in [1.82, 2.24) is 9.78 Å². The topological polar surface area (TPSA) is 17.8 Å². The lowest BCUT2D eigenvalue weighted by Crippen LogP contribution is -2.05. The summed E-state index contributed by atoms with van der Waals surface area (Å²) in [6.07, 6.45) is 0. The van der Waals surface area contributed by atoms with Crippen LogP contribution in [0, 0.1) is 11.7 Å². The Morgan fingerprint density at radius 3 is 2.87 bits per heavy atom. The van der Waals surface area contributed by atoms with Gasteiger partial charge >= 0.3 is 0 Å². The largest absolute Gasteiger partial charge is 0.263 e. The van der Waals surface area contributed by atoms with Gasteiger partial charge in [0.2, 0.25) is 0 Å². The third-order valence-electron chi connectivity index (χ3n) is 2.21. The van der Waals surface area contributed by atoms with E-state index >= 15 is 0 Å². The summed E-state index contributed by atoms with van der Waals surface area (Å²) in [4.78, 5) is 0. The van der Waals surface area contributed by atoms with Gasteiger partial charge < -0.3 is 0 Å². The summed E-state index contributed by atoms with van der Waals surface area (Å²) in [7, 11) is 0. The fourth-order valence-corrected chi connectivity index (χ4v) is 2.11. The van der Waals surface area contributed by atoms with Gasteiger partial charge in [-0.15, -0.1) is 0 Å². The van der Waals surface area contributed by atoms with E-state index < -0.39 is 0 Å². The van der Waals surface area contributed by atoms with E-state index in [1.165, 1.54) is 12.1 Å². The monoisotopic (exact) mass is 270 g/mol. The summed E-state index contributed by atoms with van der Waals surface area (Å²) in [6, 6.07) is 4.74. The molecule has 0 aliphatic carbocycles. The van der Waals surface area contributed by atoms with Gasteiger partial charge in [-0.1, -0.05) is 13.8 Å². The van der Waals surface area contributed by atoms with E-state index in [2.05, 4.69) is 34.9 Å². The normalized spacial score (nSPS) is 11.5. The highest BCUT2D eigenvalue weighted by Gasteiger charge is 2.09. The third kappa shape index (κ3) is 2.04. The van der Waals surface area contributed by atoms with Crippen molar-refractivity contribution < 1.29 is 4.39 Å². The van der Waals surface area contributed by atoms with Gasteiger partial charge in [-0.3, -0.25) is 4.68 Å². The van der Waals surface area contributed by atoms with Gasteiger partial charge in [-0.05, 0) is 40.0 Å². The first kappa shape index (κ1) is 10.6. The molecule has 15 heavy (non-hydrogen) atoms. The Balaban J connectivity index is 2.57. The van der Waals surface area contributed by atoms with E-state index in [1.807, 2.05) is 4.68 Å². The zero-order chi connectivity index (χ0) is 11.0. The maximum Gasteiger partial charge on any atom is 0.136 e. The molecule has 0 aliphatic heterocycles. The van der Waals surface area contributed by atoms with Crippen molar-refractivity contribution in [3.63, 3.8) is 0 Å². The maximum absolute atomic E-state index is 13.0. The molecule has 2 aromatic rings. The van der Waals surface area contributed by atoms with Gasteiger partial charge in [0.25, 0.3) is 0 Å². The van der Waals surface area contributed by atoms with Crippen molar-refractivity contribution in [2.24, 2.45) is 5.92 Å². The summed E-state index contributed by atoms with van der Waals surface area (Å²) >= 11 is 3.34. The molecule has 0 saturated heterocycles. The van der Waals surface area contributed by atoms with E-state index in [4.69, 9.17) is 0 Å². The molecule has 0 bridgehead atoms. The molecule has 0 saturated carbocycles. The molecule has 2 rings (SSSR count). The zero-order valence-corrected chi connectivity index (χ0v) is 10.3. The van der Waals surface area contributed by atoms with Crippen LogP contribution in [-0.4, -0.2) is 9.78 Å². The molecule has 1 aromatic heterocycles. The summed E-state index contributed by atoms with van der Waals surface area (Å²) < 4.78 is 15.6. The van der Waals surface area contributed by atoms with Crippen LogP contribution in [0.4, 0.5) is 4.39 Å². The van der Waals surface area contributed by atoms with Crippen LogP contribution in [0.1, 0.15) is 13.8 Å². The Labute approximate surface area is 96.2 Å². The van der Waals surface area contributed by atoms with Crippen LogP contribution in [0.3, 0.4) is 0 Å². The number of nitrogens with zero attached hydrogens (tertiary/aromatic N) is 2. The molecule has 4 heteroatoms. The first-order chi connectivity index (χ1) is 7.08. The van der Waals surface area contributed by atoms with Crippen molar-refractivity contribution in [3.05, 3.63) is 28.6 Å². The summed E-state index contributed by atoms with van der Waals surface area (Å²) in [6.45, 7) is 5.10. The van der Waals surface area contributed by atoms with E-state index in [0.717, 1.165) is 17.4 Å². The molecule has 80 valence electrons. The minimum absolute atomic E-state index is 0.229. The number of fused-ring (bicyclic) bond motifs is 1. The van der Waals surface area contributed by atoms with Crippen molar-refractivity contribution in [1.29, 1.82) is 0 Å². The molecule has 0 spiro atoms. The predicted molar refractivity (Wildman–Crippen MR) is 62.2 cm³/mol. The highest BCUT2D eigenvalue weighted by Crippen LogP contribution is 2.24. The van der Waals surface area contributed by atoms with Crippen molar-refractivity contribution in [2.75, 3.05) is 0 Å². The lowest BCUT2D eigenvalue weighted by molar-refractivity contribution is 0.493. The molecular weight excluding hydrogens is 259 g/mol. The lowest BCUT2D eigenvalue weighted by Gasteiger charge is -2.05. The molecule has 0 unspecified atom stereocenters. The van der Waals surface area contributed by atoms with Crippen LogP contribution in [0.25, 0.3) is 10.9 Å². The first-order valence-electron chi connectivity index (χ1n) is 4.89. The van der Waals surface area contributed by atoms with E-state index in [1.54, 1.807) is 6.07 Å². The molecule has 0 amide bonds. The maximum atomic E-state index is 13.0. The molecular formula is C11H12BrFN2. The molecule has 0 aliphatic rings. The third-order valence-corrected chi connectivity index (χ3v) is 2.79. The minimum Gasteiger partial charge on any atom is -0.263 e. The van der Waals surface area contributed by atoms with Crippen LogP contribution in [-0.2, 0) is 6.54 Å². The highest BCUT2D eigenvalue weighted by atomic mass is 79.9. The van der Waals surface area contributed by atoms with Gasteiger partial charge in [0, 0.05) is 11.9 Å². The molecule has 0 fully saturated rings. The fourth-order valence-electron chi connectivity index (χ4n) is 1.60. The van der Waals surface area contributed by atoms with Crippen molar-refractivity contribution in [3.8, 4) is 0 Å². The standard InChI is InChI=1S/C11H12BrFN2/c1-7(2)6-15-10-4-3-8(13)5-9(10)11(12)14-15/h3-5,7H,6H2,1-2H3. The highest BCUT2D eigenvalue weighted by molar-refractivity contribution is 9.10. The SMILES string of the molecule is CC(C)Cn1nc(Br)c2cc(F)ccc21. The van der Waals surface area contributed by atoms with E-state index in [9.17, 15) is 4.39 Å². The number of hydrogen-bond donors (Lipinski definition) is 0. The Morgan fingerprint density at radius 1 is 1.47 bits per heavy atom. The average molecular weight is 271 g/mol. The van der Waals surface area contributed by atoms with Gasteiger partial charge in [0.15, 0.2) is 0 Å². The second-order valence-electron chi connectivity index (χ2n) is 4.03. The Morgan fingerprint density at radius 2 is 2.20 bits per heavy atom. The number of hydrogen-bond acceptors (Lipinski definition) is 1. The molecule has 0 radical (unpaired) electrons. The van der Waals surface area contributed by atoms with E-state index in [-0.39, 0.29) is 5.82 Å². The molecule has 1 aromatic carbocycles. The molecule has 2 nitrogen and oxygen atoms in total. The Kier molecular flexibility index (Phi) is 2.78.